The number of carbonyl (C=O) groups is 1. The molecule has 7 nitrogen and oxygen atoms in total. The Morgan fingerprint density at radius 3 is 2.53 bits per heavy atom. The number of carbonyl (C=O) groups excluding carboxylic acids is 1. The smallest absolute Gasteiger partial charge is 0.251 e. The van der Waals surface area contributed by atoms with Gasteiger partial charge in [0.25, 0.3) is 5.91 Å². The second-order valence-corrected chi connectivity index (χ2v) is 11.2. The molecule has 2 N–H and O–H groups in total. The van der Waals surface area contributed by atoms with E-state index in [2.05, 4.69) is 44.6 Å². The zero-order valence-electron chi connectivity index (χ0n) is 21.6. The number of hydrogen-bond acceptors (Lipinski definition) is 5. The van der Waals surface area contributed by atoms with Gasteiger partial charge in [-0.1, -0.05) is 6.07 Å². The summed E-state index contributed by atoms with van der Waals surface area (Å²) in [5.74, 6) is 1.27. The van der Waals surface area contributed by atoms with Crippen molar-refractivity contribution >= 4 is 16.8 Å². The SMILES string of the molecule is CN1[C@H]2CC[C@H]1CC(Oc1ccc(-c3n[nH]c4ccc(C(=O)N[C@H](c5ccccn5)C5CC5)cc34)cc1)C2. The van der Waals surface area contributed by atoms with Crippen LogP contribution in [0.15, 0.2) is 66.9 Å². The van der Waals surface area contributed by atoms with Crippen molar-refractivity contribution in [2.75, 3.05) is 7.05 Å². The van der Waals surface area contributed by atoms with Gasteiger partial charge in [0.2, 0.25) is 0 Å². The van der Waals surface area contributed by atoms with Crippen LogP contribution in [0.1, 0.15) is 60.6 Å². The molecule has 7 rings (SSSR count). The van der Waals surface area contributed by atoms with Crippen LogP contribution >= 0.6 is 0 Å². The number of nitrogens with zero attached hydrogens (tertiary/aromatic N) is 3. The third kappa shape index (κ3) is 4.45. The van der Waals surface area contributed by atoms with Crippen LogP contribution in [-0.4, -0.2) is 51.2 Å². The van der Waals surface area contributed by atoms with Gasteiger partial charge in [-0.25, -0.2) is 0 Å². The van der Waals surface area contributed by atoms with Gasteiger partial charge in [-0.05, 0) is 106 Å². The van der Waals surface area contributed by atoms with Crippen molar-refractivity contribution < 1.29 is 9.53 Å². The van der Waals surface area contributed by atoms with E-state index in [1.807, 2.05) is 48.5 Å². The highest BCUT2D eigenvalue weighted by atomic mass is 16.5. The van der Waals surface area contributed by atoms with Crippen LogP contribution in [0.5, 0.6) is 5.75 Å². The second kappa shape index (κ2) is 9.55. The van der Waals surface area contributed by atoms with Gasteiger partial charge in [-0.3, -0.25) is 14.9 Å². The summed E-state index contributed by atoms with van der Waals surface area (Å²) in [5, 5.41) is 11.9. The van der Waals surface area contributed by atoms with Crippen LogP contribution in [0.3, 0.4) is 0 Å². The molecule has 38 heavy (non-hydrogen) atoms. The number of hydrogen-bond donors (Lipinski definition) is 2. The number of H-pyrrole nitrogens is 1. The van der Waals surface area contributed by atoms with E-state index in [0.29, 0.717) is 23.6 Å². The van der Waals surface area contributed by atoms with Gasteiger partial charge in [-0.2, -0.15) is 5.10 Å². The molecule has 3 atom stereocenters. The zero-order chi connectivity index (χ0) is 25.6. The van der Waals surface area contributed by atoms with Crippen LogP contribution in [0.4, 0.5) is 0 Å². The van der Waals surface area contributed by atoms with Gasteiger partial charge >= 0.3 is 0 Å². The summed E-state index contributed by atoms with van der Waals surface area (Å²) in [4.78, 5) is 20.3. The number of aromatic amines is 1. The molecule has 4 heterocycles. The number of nitrogens with one attached hydrogen (secondary N) is 2. The van der Waals surface area contributed by atoms with Crippen molar-refractivity contribution in [1.82, 2.24) is 25.4 Å². The van der Waals surface area contributed by atoms with Crippen molar-refractivity contribution in [3.05, 3.63) is 78.1 Å². The molecule has 0 spiro atoms. The molecule has 2 aliphatic heterocycles. The molecule has 3 fully saturated rings. The molecule has 4 aromatic rings. The van der Waals surface area contributed by atoms with E-state index in [4.69, 9.17) is 4.74 Å². The van der Waals surface area contributed by atoms with Gasteiger partial charge in [0.1, 0.15) is 11.9 Å². The number of rotatable bonds is 7. The highest BCUT2D eigenvalue weighted by Gasteiger charge is 2.39. The average molecular weight is 508 g/mol. The van der Waals surface area contributed by atoms with E-state index in [-0.39, 0.29) is 18.1 Å². The third-order valence-electron chi connectivity index (χ3n) is 8.70. The number of piperidine rings is 1. The first-order valence-electron chi connectivity index (χ1n) is 13.8. The number of ether oxygens (including phenoxy) is 1. The fourth-order valence-electron chi connectivity index (χ4n) is 6.36. The van der Waals surface area contributed by atoms with E-state index in [1.54, 1.807) is 6.20 Å². The summed E-state index contributed by atoms with van der Waals surface area (Å²) in [7, 11) is 2.25. The Hall–Kier alpha value is -3.71. The molecule has 2 saturated heterocycles. The molecular weight excluding hydrogens is 474 g/mol. The van der Waals surface area contributed by atoms with Crippen LogP contribution in [0, 0.1) is 5.92 Å². The van der Waals surface area contributed by atoms with Crippen LogP contribution in [-0.2, 0) is 0 Å². The van der Waals surface area contributed by atoms with Gasteiger partial charge in [-0.15, -0.1) is 0 Å². The molecule has 2 aromatic heterocycles. The molecular formula is C31H33N5O2. The van der Waals surface area contributed by atoms with Crippen LogP contribution in [0.2, 0.25) is 0 Å². The maximum absolute atomic E-state index is 13.3. The van der Waals surface area contributed by atoms with Crippen molar-refractivity contribution in [2.45, 2.75) is 62.8 Å². The Morgan fingerprint density at radius 2 is 1.82 bits per heavy atom. The van der Waals surface area contributed by atoms with Crippen molar-refractivity contribution in [3.8, 4) is 17.0 Å². The predicted octanol–water partition coefficient (Wildman–Crippen LogP) is 5.51. The summed E-state index contributed by atoms with van der Waals surface area (Å²) in [5.41, 5.74) is 4.28. The lowest BCUT2D eigenvalue weighted by Crippen LogP contribution is -2.43. The highest BCUT2D eigenvalue weighted by Crippen LogP contribution is 2.41. The summed E-state index contributed by atoms with van der Waals surface area (Å²) in [6, 6.07) is 21.0. The number of benzene rings is 2. The summed E-state index contributed by atoms with van der Waals surface area (Å²) in [6.45, 7) is 0. The van der Waals surface area contributed by atoms with Gasteiger partial charge in [0, 0.05) is 34.8 Å². The van der Waals surface area contributed by atoms with Crippen molar-refractivity contribution in [2.24, 2.45) is 5.92 Å². The monoisotopic (exact) mass is 507 g/mol. The summed E-state index contributed by atoms with van der Waals surface area (Å²) >= 11 is 0. The predicted molar refractivity (Wildman–Crippen MR) is 147 cm³/mol. The first kappa shape index (κ1) is 23.4. The molecule has 7 heteroatoms. The number of amides is 1. The maximum atomic E-state index is 13.3. The minimum absolute atomic E-state index is 0.0597. The Morgan fingerprint density at radius 1 is 1.03 bits per heavy atom. The van der Waals surface area contributed by atoms with Crippen LogP contribution in [0.25, 0.3) is 22.2 Å². The van der Waals surface area contributed by atoms with Crippen molar-refractivity contribution in [3.63, 3.8) is 0 Å². The van der Waals surface area contributed by atoms with Crippen molar-refractivity contribution in [1.29, 1.82) is 0 Å². The standard InChI is InChI=1S/C31H33N5O2/c1-36-22-10-11-23(36)18-25(17-22)38-24-12-7-19(8-13-24)29-26-16-21(9-14-27(26)34-35-29)31(37)33-30(20-5-6-20)28-4-2-3-15-32-28/h2-4,7-9,12-16,20,22-23,25,30H,5-6,10-11,17-18H2,1H3,(H,33,37)(H,34,35)/t22-,23-,30-/m0/s1. The molecule has 2 bridgehead atoms. The lowest BCUT2D eigenvalue weighted by Gasteiger charge is -2.36. The lowest BCUT2D eigenvalue weighted by atomic mass is 10.0. The average Bonchev–Trinajstić information content (AvgIpc) is 3.67. The first-order valence-corrected chi connectivity index (χ1v) is 13.8. The molecule has 0 radical (unpaired) electrons. The third-order valence-corrected chi connectivity index (χ3v) is 8.70. The van der Waals surface area contributed by atoms with E-state index < -0.39 is 0 Å². The Kier molecular flexibility index (Phi) is 5.88. The first-order chi connectivity index (χ1) is 18.6. The molecule has 0 unspecified atom stereocenters. The van der Waals surface area contributed by atoms with Gasteiger partial charge in [0.05, 0.1) is 22.9 Å². The van der Waals surface area contributed by atoms with E-state index in [9.17, 15) is 4.79 Å². The minimum atomic E-state index is -0.0857. The van der Waals surface area contributed by atoms with Gasteiger partial charge < -0.3 is 15.0 Å². The summed E-state index contributed by atoms with van der Waals surface area (Å²) < 4.78 is 6.38. The normalized spacial score (nSPS) is 23.9. The lowest BCUT2D eigenvalue weighted by molar-refractivity contribution is 0.0662. The van der Waals surface area contributed by atoms with E-state index in [0.717, 1.165) is 59.3 Å². The molecule has 1 aliphatic carbocycles. The van der Waals surface area contributed by atoms with E-state index >= 15 is 0 Å². The summed E-state index contributed by atoms with van der Waals surface area (Å²) in [6.07, 6.45) is 9.09. The van der Waals surface area contributed by atoms with Gasteiger partial charge in [0.15, 0.2) is 0 Å². The van der Waals surface area contributed by atoms with E-state index in [1.165, 1.54) is 12.8 Å². The van der Waals surface area contributed by atoms with Crippen LogP contribution < -0.4 is 10.1 Å². The Balaban J connectivity index is 1.08. The molecule has 1 amide bonds. The quantitative estimate of drug-likeness (QED) is 0.345. The fraction of sp³-hybridized carbons (Fsp3) is 0.387. The Bertz CT molecular complexity index is 1430. The number of pyridine rings is 1. The fourth-order valence-corrected chi connectivity index (χ4v) is 6.36. The number of aromatic nitrogens is 3. The molecule has 194 valence electrons. The largest absolute Gasteiger partial charge is 0.490 e. The molecule has 1 saturated carbocycles. The molecule has 3 aliphatic rings. The Labute approximate surface area is 222 Å². The highest BCUT2D eigenvalue weighted by molar-refractivity contribution is 6.01. The topological polar surface area (TPSA) is 83.1 Å². The maximum Gasteiger partial charge on any atom is 0.251 e. The number of fused-ring (bicyclic) bond motifs is 3. The molecule has 2 aromatic carbocycles. The minimum Gasteiger partial charge on any atom is -0.490 e. The zero-order valence-corrected chi connectivity index (χ0v) is 21.6. The second-order valence-electron chi connectivity index (χ2n) is 11.2.